The zero-order chi connectivity index (χ0) is 11.5. The number of nitrogens with zero attached hydrogens (tertiary/aromatic N) is 2. The molecule has 84 valence electrons. The zero-order valence-corrected chi connectivity index (χ0v) is 9.27. The second-order valence-corrected chi connectivity index (χ2v) is 4.03. The van der Waals surface area contributed by atoms with Crippen LogP contribution in [-0.4, -0.2) is 16.6 Å². The first-order valence-electron chi connectivity index (χ1n) is 5.20. The molecule has 0 aliphatic heterocycles. The fraction of sp³-hybridized carbons (Fsp3) is 0.333. The predicted octanol–water partition coefficient (Wildman–Crippen LogP) is 2.80. The van der Waals surface area contributed by atoms with E-state index < -0.39 is 5.82 Å². The number of benzene rings is 1. The Hall–Kier alpha value is -1.71. The van der Waals surface area contributed by atoms with Crippen LogP contribution in [-0.2, 0) is 0 Å². The Kier molecular flexibility index (Phi) is 2.99. The lowest BCUT2D eigenvalue weighted by Gasteiger charge is -2.09. The molecule has 0 spiro atoms. The first-order valence-corrected chi connectivity index (χ1v) is 5.20. The van der Waals surface area contributed by atoms with Crippen molar-refractivity contribution in [2.45, 2.75) is 13.8 Å². The van der Waals surface area contributed by atoms with Gasteiger partial charge in [-0.05, 0) is 5.92 Å². The summed E-state index contributed by atoms with van der Waals surface area (Å²) in [5.74, 6) is 0.201. The highest BCUT2D eigenvalue weighted by Gasteiger charge is 2.07. The Morgan fingerprint density at radius 2 is 1.81 bits per heavy atom. The van der Waals surface area contributed by atoms with E-state index >= 15 is 0 Å². The Bertz CT molecular complexity index is 499. The third-order valence-corrected chi connectivity index (χ3v) is 2.10. The van der Waals surface area contributed by atoms with Gasteiger partial charge in [0.1, 0.15) is 0 Å². The van der Waals surface area contributed by atoms with E-state index in [0.717, 1.165) is 0 Å². The quantitative estimate of drug-likeness (QED) is 0.797. The fourth-order valence-corrected chi connectivity index (χ4v) is 1.33. The molecule has 3 nitrogen and oxygen atoms in total. The van der Waals surface area contributed by atoms with E-state index in [1.54, 1.807) is 12.3 Å². The van der Waals surface area contributed by atoms with Gasteiger partial charge in [0.05, 0.1) is 17.6 Å². The van der Waals surface area contributed by atoms with Crippen LogP contribution in [0.15, 0.2) is 24.5 Å². The van der Waals surface area contributed by atoms with Crippen molar-refractivity contribution in [1.82, 2.24) is 9.97 Å². The van der Waals surface area contributed by atoms with Gasteiger partial charge in [0.15, 0.2) is 11.6 Å². The van der Waals surface area contributed by atoms with Gasteiger partial charge >= 0.3 is 0 Å². The highest BCUT2D eigenvalue weighted by molar-refractivity contribution is 5.75. The minimum absolute atomic E-state index is 0.238. The summed E-state index contributed by atoms with van der Waals surface area (Å²) in [7, 11) is 0. The lowest BCUT2D eigenvalue weighted by Crippen LogP contribution is -2.05. The van der Waals surface area contributed by atoms with Gasteiger partial charge in [-0.3, -0.25) is 9.97 Å². The Morgan fingerprint density at radius 1 is 1.19 bits per heavy atom. The number of ether oxygens (including phenoxy) is 1. The molecule has 0 amide bonds. The molecule has 0 atom stereocenters. The molecule has 0 bridgehead atoms. The number of fused-ring (bicyclic) bond motifs is 1. The van der Waals surface area contributed by atoms with E-state index in [1.807, 2.05) is 13.8 Å². The van der Waals surface area contributed by atoms with Crippen molar-refractivity contribution >= 4 is 11.0 Å². The molecule has 1 aromatic heterocycles. The van der Waals surface area contributed by atoms with Gasteiger partial charge in [-0.25, -0.2) is 4.39 Å². The van der Waals surface area contributed by atoms with Gasteiger partial charge in [-0.15, -0.1) is 0 Å². The first-order chi connectivity index (χ1) is 7.66. The molecule has 0 radical (unpaired) electrons. The minimum Gasteiger partial charge on any atom is -0.490 e. The summed E-state index contributed by atoms with van der Waals surface area (Å²) in [4.78, 5) is 8.12. The number of halogens is 1. The van der Waals surface area contributed by atoms with E-state index in [2.05, 4.69) is 9.97 Å². The SMILES string of the molecule is CC(C)COc1cc2nccnc2cc1F. The molecule has 0 N–H and O–H groups in total. The molecule has 0 fully saturated rings. The normalized spacial score (nSPS) is 11.0. The van der Waals surface area contributed by atoms with E-state index in [4.69, 9.17) is 4.74 Å². The zero-order valence-electron chi connectivity index (χ0n) is 9.27. The summed E-state index contributed by atoms with van der Waals surface area (Å²) in [6, 6.07) is 2.93. The minimum atomic E-state index is -0.395. The standard InChI is InChI=1S/C12H13FN2O/c1-8(2)7-16-12-6-11-10(5-9(12)13)14-3-4-15-11/h3-6,8H,7H2,1-2H3. The van der Waals surface area contributed by atoms with Gasteiger partial charge in [0.25, 0.3) is 0 Å². The van der Waals surface area contributed by atoms with Gasteiger partial charge in [-0.1, -0.05) is 13.8 Å². The van der Waals surface area contributed by atoms with Crippen molar-refractivity contribution in [1.29, 1.82) is 0 Å². The van der Waals surface area contributed by atoms with Crippen molar-refractivity contribution in [2.75, 3.05) is 6.61 Å². The number of rotatable bonds is 3. The molecule has 1 aromatic carbocycles. The van der Waals surface area contributed by atoms with Crippen LogP contribution in [0.3, 0.4) is 0 Å². The summed E-state index contributed by atoms with van der Waals surface area (Å²) < 4.78 is 18.9. The van der Waals surface area contributed by atoms with Crippen LogP contribution in [0.1, 0.15) is 13.8 Å². The van der Waals surface area contributed by atoms with Crippen molar-refractivity contribution in [3.05, 3.63) is 30.3 Å². The second kappa shape index (κ2) is 4.43. The lowest BCUT2D eigenvalue weighted by molar-refractivity contribution is 0.260. The van der Waals surface area contributed by atoms with Crippen molar-refractivity contribution in [3.8, 4) is 5.75 Å². The molecule has 4 heteroatoms. The van der Waals surface area contributed by atoms with Gasteiger partial charge in [0, 0.05) is 24.5 Å². The molecular formula is C12H13FN2O. The van der Waals surface area contributed by atoms with Crippen LogP contribution in [0.4, 0.5) is 4.39 Å². The van der Waals surface area contributed by atoms with Crippen LogP contribution in [0.2, 0.25) is 0 Å². The topological polar surface area (TPSA) is 35.0 Å². The highest BCUT2D eigenvalue weighted by atomic mass is 19.1. The highest BCUT2D eigenvalue weighted by Crippen LogP contribution is 2.22. The summed E-state index contributed by atoms with van der Waals surface area (Å²) in [6.07, 6.45) is 3.11. The Labute approximate surface area is 93.3 Å². The van der Waals surface area contributed by atoms with E-state index in [-0.39, 0.29) is 5.75 Å². The molecule has 2 rings (SSSR count). The first kappa shape index (κ1) is 10.8. The van der Waals surface area contributed by atoms with Gasteiger partial charge in [0.2, 0.25) is 0 Å². The summed E-state index contributed by atoms with van der Waals surface area (Å²) in [5, 5.41) is 0. The fourth-order valence-electron chi connectivity index (χ4n) is 1.33. The monoisotopic (exact) mass is 220 g/mol. The van der Waals surface area contributed by atoms with Crippen LogP contribution in [0, 0.1) is 11.7 Å². The van der Waals surface area contributed by atoms with Crippen LogP contribution in [0.5, 0.6) is 5.75 Å². The average Bonchev–Trinajstić information content (AvgIpc) is 2.26. The maximum absolute atomic E-state index is 13.6. The number of hydrogen-bond acceptors (Lipinski definition) is 3. The molecule has 0 saturated heterocycles. The van der Waals surface area contributed by atoms with Crippen LogP contribution >= 0.6 is 0 Å². The maximum atomic E-state index is 13.6. The molecule has 0 unspecified atom stereocenters. The molecule has 0 aliphatic rings. The van der Waals surface area contributed by atoms with Gasteiger partial charge < -0.3 is 4.74 Å². The summed E-state index contributed by atoms with van der Waals surface area (Å²) >= 11 is 0. The number of aromatic nitrogens is 2. The lowest BCUT2D eigenvalue weighted by atomic mass is 10.2. The van der Waals surface area contributed by atoms with Crippen molar-refractivity contribution in [3.63, 3.8) is 0 Å². The maximum Gasteiger partial charge on any atom is 0.167 e. The average molecular weight is 220 g/mol. The Morgan fingerprint density at radius 3 is 2.44 bits per heavy atom. The molecular weight excluding hydrogens is 207 g/mol. The molecule has 0 saturated carbocycles. The molecule has 2 aromatic rings. The van der Waals surface area contributed by atoms with Gasteiger partial charge in [-0.2, -0.15) is 0 Å². The summed E-state index contributed by atoms with van der Waals surface area (Å²) in [5.41, 5.74) is 1.18. The van der Waals surface area contributed by atoms with Crippen molar-refractivity contribution in [2.24, 2.45) is 5.92 Å². The third-order valence-electron chi connectivity index (χ3n) is 2.10. The second-order valence-electron chi connectivity index (χ2n) is 4.03. The third kappa shape index (κ3) is 2.27. The number of hydrogen-bond donors (Lipinski definition) is 0. The molecule has 0 aliphatic carbocycles. The van der Waals surface area contributed by atoms with E-state index in [1.165, 1.54) is 12.3 Å². The van der Waals surface area contributed by atoms with E-state index in [0.29, 0.717) is 23.6 Å². The Balaban J connectivity index is 2.34. The van der Waals surface area contributed by atoms with Crippen LogP contribution in [0.25, 0.3) is 11.0 Å². The smallest absolute Gasteiger partial charge is 0.167 e. The van der Waals surface area contributed by atoms with E-state index in [9.17, 15) is 4.39 Å². The van der Waals surface area contributed by atoms with Crippen molar-refractivity contribution < 1.29 is 9.13 Å². The summed E-state index contributed by atoms with van der Waals surface area (Å²) in [6.45, 7) is 4.51. The largest absolute Gasteiger partial charge is 0.490 e. The molecule has 1 heterocycles. The molecule has 16 heavy (non-hydrogen) atoms. The predicted molar refractivity (Wildman–Crippen MR) is 59.8 cm³/mol. The van der Waals surface area contributed by atoms with Crippen LogP contribution < -0.4 is 4.74 Å².